The largest absolute Gasteiger partial charge is 0.326 e. The minimum Gasteiger partial charge on any atom is -0.326 e. The van der Waals surface area contributed by atoms with Gasteiger partial charge in [-0.05, 0) is 42.7 Å². The Labute approximate surface area is 126 Å². The summed E-state index contributed by atoms with van der Waals surface area (Å²) >= 11 is 0. The van der Waals surface area contributed by atoms with Crippen molar-refractivity contribution in [3.63, 3.8) is 0 Å². The van der Waals surface area contributed by atoms with Gasteiger partial charge >= 0.3 is 0 Å². The van der Waals surface area contributed by atoms with Crippen LogP contribution in [0.1, 0.15) is 29.7 Å². The van der Waals surface area contributed by atoms with E-state index >= 15 is 0 Å². The Morgan fingerprint density at radius 3 is 2.29 bits per heavy atom. The van der Waals surface area contributed by atoms with Crippen molar-refractivity contribution in [2.75, 3.05) is 0 Å². The van der Waals surface area contributed by atoms with E-state index < -0.39 is 10.0 Å². The molecule has 0 fully saturated rings. The predicted octanol–water partition coefficient (Wildman–Crippen LogP) is 2.49. The summed E-state index contributed by atoms with van der Waals surface area (Å²) in [6.07, 6.45) is 0. The summed E-state index contributed by atoms with van der Waals surface area (Å²) in [7, 11) is -3.54. The highest BCUT2D eigenvalue weighted by Gasteiger charge is 2.19. The summed E-state index contributed by atoms with van der Waals surface area (Å²) in [6, 6.07) is 14.1. The van der Waals surface area contributed by atoms with Crippen LogP contribution in [0, 0.1) is 6.92 Å². The Morgan fingerprint density at radius 1 is 1.10 bits per heavy atom. The standard InChI is InChI=1S/C16H20N2O2S/c1-12-5-3-4-6-16(12)13(2)18-21(19,20)15-9-7-14(11-17)8-10-15/h3-10,13,18H,11,17H2,1-2H3. The lowest BCUT2D eigenvalue weighted by molar-refractivity contribution is 0.566. The SMILES string of the molecule is Cc1ccccc1C(C)NS(=O)(=O)c1ccc(CN)cc1. The van der Waals surface area contributed by atoms with Crippen molar-refractivity contribution in [1.29, 1.82) is 0 Å². The molecule has 2 rings (SSSR count). The first-order valence-corrected chi connectivity index (χ1v) is 8.29. The summed E-state index contributed by atoms with van der Waals surface area (Å²) in [5, 5.41) is 0. The summed E-state index contributed by atoms with van der Waals surface area (Å²) in [5.41, 5.74) is 8.45. The molecular formula is C16H20N2O2S. The molecule has 0 aliphatic rings. The Hall–Kier alpha value is -1.69. The molecule has 1 unspecified atom stereocenters. The van der Waals surface area contributed by atoms with Crippen LogP contribution in [-0.4, -0.2) is 8.42 Å². The fraction of sp³-hybridized carbons (Fsp3) is 0.250. The highest BCUT2D eigenvalue weighted by molar-refractivity contribution is 7.89. The number of hydrogen-bond acceptors (Lipinski definition) is 3. The van der Waals surface area contributed by atoms with E-state index in [9.17, 15) is 8.42 Å². The lowest BCUT2D eigenvalue weighted by atomic mass is 10.0. The third-order valence-corrected chi connectivity index (χ3v) is 5.01. The number of rotatable bonds is 5. The molecule has 0 spiro atoms. The van der Waals surface area contributed by atoms with Crippen LogP contribution in [0.4, 0.5) is 0 Å². The molecule has 0 amide bonds. The van der Waals surface area contributed by atoms with Crippen LogP contribution in [0.3, 0.4) is 0 Å². The van der Waals surface area contributed by atoms with Crippen molar-refractivity contribution < 1.29 is 8.42 Å². The lowest BCUT2D eigenvalue weighted by Gasteiger charge is -2.16. The molecule has 0 aliphatic carbocycles. The first-order chi connectivity index (χ1) is 9.94. The van der Waals surface area contributed by atoms with Gasteiger partial charge in [-0.3, -0.25) is 0 Å². The Morgan fingerprint density at radius 2 is 1.71 bits per heavy atom. The maximum Gasteiger partial charge on any atom is 0.241 e. The molecule has 112 valence electrons. The summed E-state index contributed by atoms with van der Waals surface area (Å²) in [5.74, 6) is 0. The van der Waals surface area contributed by atoms with E-state index in [2.05, 4.69) is 4.72 Å². The van der Waals surface area contributed by atoms with Crippen molar-refractivity contribution in [2.45, 2.75) is 31.3 Å². The Balaban J connectivity index is 2.22. The van der Waals surface area contributed by atoms with Crippen LogP contribution in [0.5, 0.6) is 0 Å². The van der Waals surface area contributed by atoms with Crippen LogP contribution >= 0.6 is 0 Å². The van der Waals surface area contributed by atoms with Gasteiger partial charge in [-0.2, -0.15) is 0 Å². The van der Waals surface area contributed by atoms with Crippen LogP contribution in [0.2, 0.25) is 0 Å². The van der Waals surface area contributed by atoms with E-state index in [4.69, 9.17) is 5.73 Å². The molecule has 4 nitrogen and oxygen atoms in total. The van der Waals surface area contributed by atoms with Crippen LogP contribution in [0.15, 0.2) is 53.4 Å². The van der Waals surface area contributed by atoms with Gasteiger partial charge in [0.2, 0.25) is 10.0 Å². The molecule has 0 aromatic heterocycles. The maximum absolute atomic E-state index is 12.4. The van der Waals surface area contributed by atoms with E-state index in [1.165, 1.54) is 0 Å². The Bertz CT molecular complexity index is 709. The summed E-state index contributed by atoms with van der Waals surface area (Å²) in [6.45, 7) is 4.21. The number of hydrogen-bond donors (Lipinski definition) is 2. The fourth-order valence-corrected chi connectivity index (χ4v) is 3.46. The van der Waals surface area contributed by atoms with Gasteiger partial charge in [-0.25, -0.2) is 13.1 Å². The molecule has 2 aromatic carbocycles. The van der Waals surface area contributed by atoms with Crippen LogP contribution in [0.25, 0.3) is 0 Å². The average Bonchev–Trinajstić information content (AvgIpc) is 2.47. The first kappa shape index (κ1) is 15.7. The van der Waals surface area contributed by atoms with Gasteiger partial charge in [0.15, 0.2) is 0 Å². The smallest absolute Gasteiger partial charge is 0.241 e. The highest BCUT2D eigenvalue weighted by atomic mass is 32.2. The predicted molar refractivity (Wildman–Crippen MR) is 84.2 cm³/mol. The maximum atomic E-state index is 12.4. The molecule has 0 heterocycles. The van der Waals surface area contributed by atoms with E-state index in [1.807, 2.05) is 38.1 Å². The van der Waals surface area contributed by atoms with Gasteiger partial charge in [-0.15, -0.1) is 0 Å². The summed E-state index contributed by atoms with van der Waals surface area (Å²) < 4.78 is 27.5. The van der Waals surface area contributed by atoms with E-state index in [0.29, 0.717) is 6.54 Å². The fourth-order valence-electron chi connectivity index (χ4n) is 2.24. The van der Waals surface area contributed by atoms with Gasteiger partial charge in [0, 0.05) is 12.6 Å². The van der Waals surface area contributed by atoms with Gasteiger partial charge in [0.05, 0.1) is 4.90 Å². The van der Waals surface area contributed by atoms with Crippen molar-refractivity contribution in [1.82, 2.24) is 4.72 Å². The minimum atomic E-state index is -3.54. The lowest BCUT2D eigenvalue weighted by Crippen LogP contribution is -2.27. The van der Waals surface area contributed by atoms with Gasteiger partial charge in [0.1, 0.15) is 0 Å². The van der Waals surface area contributed by atoms with E-state index in [0.717, 1.165) is 16.7 Å². The number of sulfonamides is 1. The molecule has 3 N–H and O–H groups in total. The number of aryl methyl sites for hydroxylation is 1. The minimum absolute atomic E-state index is 0.250. The molecule has 0 radical (unpaired) electrons. The molecule has 0 bridgehead atoms. The molecule has 5 heteroatoms. The second kappa shape index (κ2) is 6.39. The van der Waals surface area contributed by atoms with Crippen molar-refractivity contribution >= 4 is 10.0 Å². The summed E-state index contributed by atoms with van der Waals surface area (Å²) in [4.78, 5) is 0.250. The second-order valence-electron chi connectivity index (χ2n) is 5.05. The van der Waals surface area contributed by atoms with Crippen molar-refractivity contribution in [2.24, 2.45) is 5.73 Å². The normalized spacial score (nSPS) is 13.1. The quantitative estimate of drug-likeness (QED) is 0.891. The Kier molecular flexibility index (Phi) is 4.77. The molecule has 21 heavy (non-hydrogen) atoms. The van der Waals surface area contributed by atoms with E-state index in [-0.39, 0.29) is 10.9 Å². The molecule has 0 saturated heterocycles. The molecule has 0 aliphatic heterocycles. The zero-order chi connectivity index (χ0) is 15.5. The highest BCUT2D eigenvalue weighted by Crippen LogP contribution is 2.20. The molecule has 0 saturated carbocycles. The number of nitrogens with one attached hydrogen (secondary N) is 1. The van der Waals surface area contributed by atoms with Gasteiger partial charge in [0.25, 0.3) is 0 Å². The average molecular weight is 304 g/mol. The first-order valence-electron chi connectivity index (χ1n) is 6.81. The second-order valence-corrected chi connectivity index (χ2v) is 6.76. The zero-order valence-electron chi connectivity index (χ0n) is 12.2. The van der Waals surface area contributed by atoms with Crippen LogP contribution in [-0.2, 0) is 16.6 Å². The number of nitrogens with two attached hydrogens (primary N) is 1. The van der Waals surface area contributed by atoms with E-state index in [1.54, 1.807) is 24.3 Å². The number of benzene rings is 2. The third-order valence-electron chi connectivity index (χ3n) is 3.46. The van der Waals surface area contributed by atoms with Crippen LogP contribution < -0.4 is 10.5 Å². The molecule has 2 aromatic rings. The van der Waals surface area contributed by atoms with Crippen molar-refractivity contribution in [3.8, 4) is 0 Å². The molecular weight excluding hydrogens is 284 g/mol. The third kappa shape index (κ3) is 3.69. The topological polar surface area (TPSA) is 72.2 Å². The van der Waals surface area contributed by atoms with Crippen molar-refractivity contribution in [3.05, 3.63) is 65.2 Å². The van der Waals surface area contributed by atoms with Gasteiger partial charge in [-0.1, -0.05) is 36.4 Å². The molecule has 1 atom stereocenters. The van der Waals surface area contributed by atoms with Gasteiger partial charge < -0.3 is 5.73 Å². The monoisotopic (exact) mass is 304 g/mol. The zero-order valence-corrected chi connectivity index (χ0v) is 13.0.